The van der Waals surface area contributed by atoms with Crippen LogP contribution in [0.2, 0.25) is 0 Å². The maximum atomic E-state index is 13.5. The monoisotopic (exact) mass is 362 g/mol. The highest BCUT2D eigenvalue weighted by molar-refractivity contribution is 7.10. The van der Waals surface area contributed by atoms with Gasteiger partial charge in [-0.15, -0.1) is 11.3 Å². The second kappa shape index (κ2) is 7.37. The summed E-state index contributed by atoms with van der Waals surface area (Å²) in [6.45, 7) is 2.14. The van der Waals surface area contributed by atoms with Crippen LogP contribution in [-0.2, 0) is 4.79 Å². The predicted octanol–water partition coefficient (Wildman–Crippen LogP) is 3.48. The van der Waals surface area contributed by atoms with Crippen molar-refractivity contribution in [2.45, 2.75) is 75.5 Å². The molecule has 5 heteroatoms. The summed E-state index contributed by atoms with van der Waals surface area (Å²) in [7, 11) is 0. The number of aliphatic hydroxyl groups is 1. The Balaban J connectivity index is 1.54. The highest BCUT2D eigenvalue weighted by Gasteiger charge is 2.47. The van der Waals surface area contributed by atoms with E-state index in [0.29, 0.717) is 5.92 Å². The van der Waals surface area contributed by atoms with Crippen molar-refractivity contribution in [3.8, 4) is 0 Å². The first-order chi connectivity index (χ1) is 12.2. The Bertz CT molecular complexity index is 571. The van der Waals surface area contributed by atoms with Gasteiger partial charge in [-0.05, 0) is 69.0 Å². The summed E-state index contributed by atoms with van der Waals surface area (Å²) in [5, 5.41) is 15.3. The molecule has 0 unspecified atom stereocenters. The maximum absolute atomic E-state index is 13.5. The average molecular weight is 363 g/mol. The van der Waals surface area contributed by atoms with Crippen LogP contribution in [0, 0.1) is 5.92 Å². The number of carbonyl (C=O) groups excluding carboxylic acids is 1. The minimum Gasteiger partial charge on any atom is -0.393 e. The zero-order valence-corrected chi connectivity index (χ0v) is 15.8. The van der Waals surface area contributed by atoms with Crippen molar-refractivity contribution < 1.29 is 9.90 Å². The number of amides is 1. The number of rotatable bonds is 5. The van der Waals surface area contributed by atoms with Gasteiger partial charge < -0.3 is 10.4 Å². The van der Waals surface area contributed by atoms with Gasteiger partial charge in [0.05, 0.1) is 12.1 Å². The quantitative estimate of drug-likeness (QED) is 0.843. The van der Waals surface area contributed by atoms with Gasteiger partial charge in [0.25, 0.3) is 0 Å². The third-order valence-corrected chi connectivity index (χ3v) is 7.53. The van der Waals surface area contributed by atoms with Crippen molar-refractivity contribution in [3.05, 3.63) is 22.4 Å². The summed E-state index contributed by atoms with van der Waals surface area (Å²) in [6.07, 6.45) is 9.45. The number of carbonyl (C=O) groups is 1. The lowest BCUT2D eigenvalue weighted by Gasteiger charge is -2.45. The summed E-state index contributed by atoms with van der Waals surface area (Å²) in [5.74, 6) is 0.616. The first-order valence-electron chi connectivity index (χ1n) is 9.96. The Kier molecular flexibility index (Phi) is 5.16. The molecule has 1 aromatic heterocycles. The second-order valence-electron chi connectivity index (χ2n) is 8.14. The molecule has 1 saturated heterocycles. The van der Waals surface area contributed by atoms with Crippen molar-refractivity contribution >= 4 is 17.2 Å². The highest BCUT2D eigenvalue weighted by Crippen LogP contribution is 2.42. The van der Waals surface area contributed by atoms with E-state index in [4.69, 9.17) is 0 Å². The Hall–Kier alpha value is -0.910. The normalized spacial score (nSPS) is 30.6. The molecule has 4 rings (SSSR count). The van der Waals surface area contributed by atoms with E-state index in [-0.39, 0.29) is 23.6 Å². The Morgan fingerprint density at radius 2 is 1.92 bits per heavy atom. The first kappa shape index (κ1) is 17.5. The largest absolute Gasteiger partial charge is 0.393 e. The fourth-order valence-electron chi connectivity index (χ4n) is 5.04. The second-order valence-corrected chi connectivity index (χ2v) is 9.12. The lowest BCUT2D eigenvalue weighted by atomic mass is 9.75. The molecule has 3 aliphatic rings. The third kappa shape index (κ3) is 3.38. The molecule has 138 valence electrons. The zero-order chi connectivity index (χ0) is 17.3. The van der Waals surface area contributed by atoms with Crippen molar-refractivity contribution in [3.63, 3.8) is 0 Å². The van der Waals surface area contributed by atoms with E-state index in [1.54, 1.807) is 11.3 Å². The third-order valence-electron chi connectivity index (χ3n) is 6.57. The Morgan fingerprint density at radius 3 is 2.52 bits per heavy atom. The lowest BCUT2D eigenvalue weighted by molar-refractivity contribution is -0.137. The van der Waals surface area contributed by atoms with Gasteiger partial charge >= 0.3 is 0 Å². The van der Waals surface area contributed by atoms with E-state index >= 15 is 0 Å². The van der Waals surface area contributed by atoms with Gasteiger partial charge in [0.1, 0.15) is 5.54 Å². The number of thiophene rings is 1. The summed E-state index contributed by atoms with van der Waals surface area (Å²) < 4.78 is 0. The van der Waals surface area contributed by atoms with Gasteiger partial charge in [-0.1, -0.05) is 25.3 Å². The van der Waals surface area contributed by atoms with E-state index in [9.17, 15) is 9.90 Å². The molecular formula is C20H30N2O2S. The molecule has 2 saturated carbocycles. The van der Waals surface area contributed by atoms with Crippen LogP contribution in [0.5, 0.6) is 0 Å². The minimum atomic E-state index is -0.285. The van der Waals surface area contributed by atoms with E-state index in [2.05, 4.69) is 27.7 Å². The number of hydrogen-bond donors (Lipinski definition) is 2. The standard InChI is InChI=1S/C20H30N2O2S/c23-16-13-15(14-16)18(17-7-6-12-25-17)21-19(24)20(8-2-1-3-9-20)22-10-4-5-11-22/h6-7,12,15-16,18,23H,1-5,8-11,13-14H2,(H,21,24)/t15?,16?,18-/m1/s1. The molecule has 0 bridgehead atoms. The predicted molar refractivity (Wildman–Crippen MR) is 101 cm³/mol. The average Bonchev–Trinajstić information content (AvgIpc) is 3.31. The lowest BCUT2D eigenvalue weighted by Crippen LogP contribution is -2.60. The van der Waals surface area contributed by atoms with Crippen LogP contribution < -0.4 is 5.32 Å². The number of aliphatic hydroxyl groups excluding tert-OH is 1. The van der Waals surface area contributed by atoms with Crippen LogP contribution in [0.3, 0.4) is 0 Å². The van der Waals surface area contributed by atoms with E-state index in [1.807, 2.05) is 0 Å². The highest BCUT2D eigenvalue weighted by atomic mass is 32.1. The maximum Gasteiger partial charge on any atom is 0.241 e. The van der Waals surface area contributed by atoms with Gasteiger partial charge in [0.15, 0.2) is 0 Å². The van der Waals surface area contributed by atoms with Crippen LogP contribution in [0.1, 0.15) is 68.7 Å². The first-order valence-corrected chi connectivity index (χ1v) is 10.8. The Labute approximate surface area is 154 Å². The molecular weight excluding hydrogens is 332 g/mol. The molecule has 2 heterocycles. The van der Waals surface area contributed by atoms with Crippen LogP contribution >= 0.6 is 11.3 Å². The number of likely N-dealkylation sites (tertiary alicyclic amines) is 1. The smallest absolute Gasteiger partial charge is 0.241 e. The van der Waals surface area contributed by atoms with Gasteiger partial charge in [-0.25, -0.2) is 0 Å². The SMILES string of the molecule is O=C(N[C@@H](c1cccs1)C1CC(O)C1)C1(N2CCCC2)CCCCC1. The molecule has 1 amide bonds. The minimum absolute atomic E-state index is 0.0669. The molecule has 0 radical (unpaired) electrons. The van der Waals surface area contributed by atoms with E-state index in [0.717, 1.165) is 51.6 Å². The molecule has 0 aromatic carbocycles. The van der Waals surface area contributed by atoms with Crippen LogP contribution in [0.15, 0.2) is 17.5 Å². The number of nitrogens with zero attached hydrogens (tertiary/aromatic N) is 1. The fourth-order valence-corrected chi connectivity index (χ4v) is 5.91. The van der Waals surface area contributed by atoms with Crippen molar-refractivity contribution in [1.29, 1.82) is 0 Å². The molecule has 1 aromatic rings. The van der Waals surface area contributed by atoms with Gasteiger partial charge in [0.2, 0.25) is 5.91 Å². The Morgan fingerprint density at radius 1 is 1.20 bits per heavy atom. The molecule has 1 aliphatic heterocycles. The topological polar surface area (TPSA) is 52.6 Å². The van der Waals surface area contributed by atoms with Crippen LogP contribution in [0.4, 0.5) is 0 Å². The van der Waals surface area contributed by atoms with Gasteiger partial charge in [-0.3, -0.25) is 9.69 Å². The van der Waals surface area contributed by atoms with Crippen LogP contribution in [-0.4, -0.2) is 40.6 Å². The molecule has 4 nitrogen and oxygen atoms in total. The zero-order valence-electron chi connectivity index (χ0n) is 15.0. The molecule has 3 fully saturated rings. The number of hydrogen-bond acceptors (Lipinski definition) is 4. The summed E-state index contributed by atoms with van der Waals surface area (Å²) >= 11 is 1.72. The molecule has 1 atom stereocenters. The van der Waals surface area contributed by atoms with Crippen molar-refractivity contribution in [2.75, 3.05) is 13.1 Å². The molecule has 2 aliphatic carbocycles. The van der Waals surface area contributed by atoms with Crippen molar-refractivity contribution in [2.24, 2.45) is 5.92 Å². The molecule has 25 heavy (non-hydrogen) atoms. The molecule has 2 N–H and O–H groups in total. The summed E-state index contributed by atoms with van der Waals surface area (Å²) in [6, 6.07) is 4.26. The molecule has 0 spiro atoms. The summed E-state index contributed by atoms with van der Waals surface area (Å²) in [4.78, 5) is 17.2. The van der Waals surface area contributed by atoms with Gasteiger partial charge in [0, 0.05) is 4.88 Å². The fraction of sp³-hybridized carbons (Fsp3) is 0.750. The number of nitrogens with one attached hydrogen (secondary N) is 1. The van der Waals surface area contributed by atoms with Crippen LogP contribution in [0.25, 0.3) is 0 Å². The summed E-state index contributed by atoms with van der Waals surface area (Å²) in [5.41, 5.74) is -0.285. The van der Waals surface area contributed by atoms with Gasteiger partial charge in [-0.2, -0.15) is 0 Å². The van der Waals surface area contributed by atoms with E-state index < -0.39 is 0 Å². The van der Waals surface area contributed by atoms with E-state index in [1.165, 1.54) is 24.1 Å². The van der Waals surface area contributed by atoms with Crippen molar-refractivity contribution in [1.82, 2.24) is 10.2 Å².